The van der Waals surface area contributed by atoms with E-state index in [1.165, 1.54) is 19.3 Å². The lowest BCUT2D eigenvalue weighted by Gasteiger charge is -2.46. The highest BCUT2D eigenvalue weighted by Crippen LogP contribution is 2.38. The summed E-state index contributed by atoms with van der Waals surface area (Å²) in [6.07, 6.45) is 3.83. The zero-order valence-electron chi connectivity index (χ0n) is 12.6. The number of aromatic nitrogens is 2. The number of amides is 1. The molecule has 0 spiro atoms. The number of hydrogen-bond donors (Lipinski definition) is 0. The lowest BCUT2D eigenvalue weighted by Crippen LogP contribution is -2.53. The molecule has 1 saturated heterocycles. The third-order valence-corrected chi connectivity index (χ3v) is 5.26. The fraction of sp³-hybridized carbons (Fsp3) is 0.786. The second-order valence-electron chi connectivity index (χ2n) is 6.14. The van der Waals surface area contributed by atoms with Gasteiger partial charge in [0.05, 0.1) is 6.10 Å². The Kier molecular flexibility index (Phi) is 4.40. The molecule has 1 saturated carbocycles. The Labute approximate surface area is 129 Å². The molecule has 2 unspecified atom stereocenters. The van der Waals surface area contributed by atoms with Crippen LogP contribution in [0, 0.1) is 11.8 Å². The Hall–Kier alpha value is -1.21. The van der Waals surface area contributed by atoms with Crippen molar-refractivity contribution in [3.05, 3.63) is 5.51 Å². The van der Waals surface area contributed by atoms with Crippen LogP contribution >= 0.6 is 11.3 Å². The van der Waals surface area contributed by atoms with Gasteiger partial charge in [0, 0.05) is 39.0 Å². The monoisotopic (exact) mass is 310 g/mol. The molecule has 1 amide bonds. The van der Waals surface area contributed by atoms with Crippen LogP contribution in [0.15, 0.2) is 5.51 Å². The van der Waals surface area contributed by atoms with Gasteiger partial charge in [-0.2, -0.15) is 0 Å². The molecule has 2 heterocycles. The SMILES string of the molecule is CN(C)C(=O)COC1C2CCCC1CN(c1nncs1)C2. The van der Waals surface area contributed by atoms with Crippen LogP contribution in [-0.4, -0.2) is 60.9 Å². The van der Waals surface area contributed by atoms with Gasteiger partial charge in [0.2, 0.25) is 11.0 Å². The van der Waals surface area contributed by atoms with Crippen molar-refractivity contribution in [3.63, 3.8) is 0 Å². The van der Waals surface area contributed by atoms with Gasteiger partial charge in [0.15, 0.2) is 0 Å². The summed E-state index contributed by atoms with van der Waals surface area (Å²) in [5.41, 5.74) is 1.78. The molecule has 6 nitrogen and oxygen atoms in total. The van der Waals surface area contributed by atoms with Crippen LogP contribution in [0.3, 0.4) is 0 Å². The fourth-order valence-electron chi connectivity index (χ4n) is 3.42. The summed E-state index contributed by atoms with van der Waals surface area (Å²) >= 11 is 1.59. The van der Waals surface area contributed by atoms with Crippen LogP contribution in [0.25, 0.3) is 0 Å². The molecule has 0 aromatic carbocycles. The highest BCUT2D eigenvalue weighted by Gasteiger charge is 2.41. The molecule has 1 aromatic heterocycles. The molecule has 0 N–H and O–H groups in total. The van der Waals surface area contributed by atoms with Crippen LogP contribution in [0.5, 0.6) is 0 Å². The van der Waals surface area contributed by atoms with Crippen LogP contribution in [0.2, 0.25) is 0 Å². The molecule has 2 atom stereocenters. The molecule has 1 aliphatic heterocycles. The molecule has 7 heteroatoms. The van der Waals surface area contributed by atoms with E-state index in [0.29, 0.717) is 11.8 Å². The Balaban J connectivity index is 1.63. The summed E-state index contributed by atoms with van der Waals surface area (Å²) < 4.78 is 5.99. The number of carbonyl (C=O) groups excluding carboxylic acids is 1. The lowest BCUT2D eigenvalue weighted by atomic mass is 9.75. The van der Waals surface area contributed by atoms with Crippen molar-refractivity contribution < 1.29 is 9.53 Å². The van der Waals surface area contributed by atoms with E-state index >= 15 is 0 Å². The molecule has 2 aliphatic rings. The molecule has 0 radical (unpaired) electrons. The zero-order valence-corrected chi connectivity index (χ0v) is 13.4. The Morgan fingerprint density at radius 3 is 2.71 bits per heavy atom. The summed E-state index contributed by atoms with van der Waals surface area (Å²) in [6, 6.07) is 0. The topological polar surface area (TPSA) is 58.6 Å². The van der Waals surface area contributed by atoms with E-state index in [-0.39, 0.29) is 18.6 Å². The number of ether oxygens (including phenoxy) is 1. The molecule has 1 aromatic rings. The predicted molar refractivity (Wildman–Crippen MR) is 81.4 cm³/mol. The minimum atomic E-state index is 0.0413. The first-order valence-corrected chi connectivity index (χ1v) is 8.36. The summed E-state index contributed by atoms with van der Waals surface area (Å²) in [5.74, 6) is 1.03. The van der Waals surface area contributed by atoms with Gasteiger partial charge >= 0.3 is 0 Å². The maximum atomic E-state index is 11.7. The highest BCUT2D eigenvalue weighted by atomic mass is 32.1. The van der Waals surface area contributed by atoms with Gasteiger partial charge in [-0.15, -0.1) is 10.2 Å². The number of piperidine rings is 1. The maximum Gasteiger partial charge on any atom is 0.248 e. The van der Waals surface area contributed by atoms with Gasteiger partial charge in [0.1, 0.15) is 12.1 Å². The maximum absolute atomic E-state index is 11.7. The number of hydrogen-bond acceptors (Lipinski definition) is 6. The lowest BCUT2D eigenvalue weighted by molar-refractivity contribution is -0.140. The average molecular weight is 310 g/mol. The van der Waals surface area contributed by atoms with Crippen LogP contribution < -0.4 is 4.90 Å². The first kappa shape index (κ1) is 14.7. The van der Waals surface area contributed by atoms with E-state index in [0.717, 1.165) is 18.2 Å². The minimum Gasteiger partial charge on any atom is -0.368 e. The molecule has 1 aliphatic carbocycles. The van der Waals surface area contributed by atoms with E-state index in [9.17, 15) is 4.79 Å². The zero-order chi connectivity index (χ0) is 14.8. The number of anilines is 1. The fourth-order valence-corrected chi connectivity index (χ4v) is 4.00. The van der Waals surface area contributed by atoms with Gasteiger partial charge in [-0.25, -0.2) is 0 Å². The van der Waals surface area contributed by atoms with Gasteiger partial charge in [-0.1, -0.05) is 17.8 Å². The number of fused-ring (bicyclic) bond motifs is 2. The predicted octanol–water partition coefficient (Wildman–Crippen LogP) is 1.25. The van der Waals surface area contributed by atoms with Crippen molar-refractivity contribution >= 4 is 22.4 Å². The molecule has 116 valence electrons. The van der Waals surface area contributed by atoms with Crippen LogP contribution in [-0.2, 0) is 9.53 Å². The van der Waals surface area contributed by atoms with Gasteiger partial charge in [-0.05, 0) is 12.8 Å². The van der Waals surface area contributed by atoms with E-state index in [1.54, 1.807) is 35.8 Å². The van der Waals surface area contributed by atoms with E-state index < -0.39 is 0 Å². The largest absolute Gasteiger partial charge is 0.368 e. The molecule has 21 heavy (non-hydrogen) atoms. The molecule has 2 bridgehead atoms. The van der Waals surface area contributed by atoms with Gasteiger partial charge in [-0.3, -0.25) is 4.79 Å². The van der Waals surface area contributed by atoms with Crippen molar-refractivity contribution in [1.82, 2.24) is 15.1 Å². The smallest absolute Gasteiger partial charge is 0.248 e. The first-order chi connectivity index (χ1) is 10.1. The third-order valence-electron chi connectivity index (χ3n) is 4.51. The second kappa shape index (κ2) is 6.27. The van der Waals surface area contributed by atoms with E-state index in [2.05, 4.69) is 15.1 Å². The Morgan fingerprint density at radius 1 is 1.43 bits per heavy atom. The number of nitrogens with zero attached hydrogens (tertiary/aromatic N) is 4. The van der Waals surface area contributed by atoms with Crippen molar-refractivity contribution in [1.29, 1.82) is 0 Å². The highest BCUT2D eigenvalue weighted by molar-refractivity contribution is 7.13. The van der Waals surface area contributed by atoms with Crippen LogP contribution in [0.4, 0.5) is 5.13 Å². The molecular weight excluding hydrogens is 288 g/mol. The summed E-state index contributed by atoms with van der Waals surface area (Å²) in [4.78, 5) is 15.7. The van der Waals surface area contributed by atoms with Crippen molar-refractivity contribution in [3.8, 4) is 0 Å². The van der Waals surface area contributed by atoms with Crippen LogP contribution in [0.1, 0.15) is 19.3 Å². The standard InChI is InChI=1S/C14H22N4O2S/c1-17(2)12(19)8-20-13-10-4-3-5-11(13)7-18(6-10)14-16-15-9-21-14/h9-11,13H,3-8H2,1-2H3. The normalized spacial score (nSPS) is 28.5. The minimum absolute atomic E-state index is 0.0413. The first-order valence-electron chi connectivity index (χ1n) is 7.48. The van der Waals surface area contributed by atoms with Crippen molar-refractivity contribution in [2.45, 2.75) is 25.4 Å². The second-order valence-corrected chi connectivity index (χ2v) is 6.95. The molecular formula is C14H22N4O2S. The summed E-state index contributed by atoms with van der Waals surface area (Å²) in [7, 11) is 3.54. The van der Waals surface area contributed by atoms with Crippen molar-refractivity contribution in [2.75, 3.05) is 38.7 Å². The number of rotatable bonds is 4. The van der Waals surface area contributed by atoms with E-state index in [1.807, 2.05) is 0 Å². The molecule has 3 rings (SSSR count). The quantitative estimate of drug-likeness (QED) is 0.837. The van der Waals surface area contributed by atoms with Gasteiger partial charge in [0.25, 0.3) is 0 Å². The average Bonchev–Trinajstić information content (AvgIpc) is 2.97. The molecule has 2 fully saturated rings. The number of carbonyl (C=O) groups is 1. The summed E-state index contributed by atoms with van der Waals surface area (Å²) in [6.45, 7) is 2.13. The van der Waals surface area contributed by atoms with Gasteiger partial charge < -0.3 is 14.5 Å². The Bertz CT molecular complexity index is 465. The third kappa shape index (κ3) is 3.18. The Morgan fingerprint density at radius 2 is 2.14 bits per heavy atom. The van der Waals surface area contributed by atoms with E-state index in [4.69, 9.17) is 4.74 Å². The number of likely N-dealkylation sites (N-methyl/N-ethyl adjacent to an activating group) is 1. The summed E-state index contributed by atoms with van der Waals surface area (Å²) in [5, 5.41) is 9.13. The van der Waals surface area contributed by atoms with Crippen molar-refractivity contribution in [2.24, 2.45) is 11.8 Å².